The van der Waals surface area contributed by atoms with Crippen LogP contribution < -0.4 is 5.76 Å². The van der Waals surface area contributed by atoms with Crippen molar-refractivity contribution >= 4 is 11.1 Å². The molecule has 1 aromatic heterocycles. The Hall–Kier alpha value is -2.33. The summed E-state index contributed by atoms with van der Waals surface area (Å²) in [6.07, 6.45) is 2.01. The fraction of sp³-hybridized carbons (Fsp3) is 0.350. The first-order valence-corrected chi connectivity index (χ1v) is 8.46. The molecule has 0 radical (unpaired) electrons. The van der Waals surface area contributed by atoms with E-state index in [0.29, 0.717) is 12.1 Å². The van der Waals surface area contributed by atoms with E-state index in [-0.39, 0.29) is 5.76 Å². The van der Waals surface area contributed by atoms with Gasteiger partial charge in [0.05, 0.1) is 5.52 Å². The van der Waals surface area contributed by atoms with Crippen LogP contribution in [0.1, 0.15) is 24.0 Å². The molecule has 3 rings (SSSR count). The summed E-state index contributed by atoms with van der Waals surface area (Å²) >= 11 is 0. The Labute approximate surface area is 142 Å². The lowest BCUT2D eigenvalue weighted by Gasteiger charge is -2.18. The Balaban J connectivity index is 1.51. The van der Waals surface area contributed by atoms with Crippen molar-refractivity contribution in [2.75, 3.05) is 13.6 Å². The predicted molar refractivity (Wildman–Crippen MR) is 97.2 cm³/mol. The lowest BCUT2D eigenvalue weighted by Crippen LogP contribution is -2.21. The number of aryl methyl sites for hydroxylation is 2. The molecule has 126 valence electrons. The van der Waals surface area contributed by atoms with Gasteiger partial charge in [0.1, 0.15) is 0 Å². The zero-order valence-corrected chi connectivity index (χ0v) is 14.4. The number of oxazole rings is 1. The van der Waals surface area contributed by atoms with E-state index in [1.807, 2.05) is 24.3 Å². The number of para-hydroxylation sites is 2. The SMILES string of the molecule is Cc1ccccc1CN(C)CCCCn1c(=O)oc2ccccc21. The number of benzene rings is 2. The highest BCUT2D eigenvalue weighted by Crippen LogP contribution is 2.13. The van der Waals surface area contributed by atoms with Crippen LogP contribution in [-0.2, 0) is 13.1 Å². The summed E-state index contributed by atoms with van der Waals surface area (Å²) in [4.78, 5) is 14.3. The van der Waals surface area contributed by atoms with Crippen LogP contribution in [0.15, 0.2) is 57.7 Å². The van der Waals surface area contributed by atoms with E-state index in [1.54, 1.807) is 4.57 Å². The first-order chi connectivity index (χ1) is 11.6. The largest absolute Gasteiger partial charge is 0.419 e. The van der Waals surface area contributed by atoms with Gasteiger partial charge in [0.2, 0.25) is 0 Å². The summed E-state index contributed by atoms with van der Waals surface area (Å²) in [6.45, 7) is 4.83. The molecule has 0 fully saturated rings. The molecule has 0 aliphatic rings. The van der Waals surface area contributed by atoms with Gasteiger partial charge >= 0.3 is 5.76 Å². The third kappa shape index (κ3) is 3.77. The fourth-order valence-corrected chi connectivity index (χ4v) is 3.03. The van der Waals surface area contributed by atoms with E-state index in [0.717, 1.165) is 31.4 Å². The van der Waals surface area contributed by atoms with Gasteiger partial charge in [0.25, 0.3) is 0 Å². The molecule has 0 atom stereocenters. The van der Waals surface area contributed by atoms with Gasteiger partial charge < -0.3 is 9.32 Å². The van der Waals surface area contributed by atoms with Crippen LogP contribution in [0.5, 0.6) is 0 Å². The van der Waals surface area contributed by atoms with Gasteiger partial charge in [-0.2, -0.15) is 0 Å². The third-order valence-corrected chi connectivity index (χ3v) is 4.45. The molecule has 1 heterocycles. The molecule has 0 aliphatic carbocycles. The van der Waals surface area contributed by atoms with Crippen LogP contribution in [0.4, 0.5) is 0 Å². The van der Waals surface area contributed by atoms with Crippen LogP contribution in [0.25, 0.3) is 11.1 Å². The Morgan fingerprint density at radius 3 is 2.62 bits per heavy atom. The van der Waals surface area contributed by atoms with Crippen molar-refractivity contribution in [3.05, 3.63) is 70.2 Å². The molecular formula is C20H24N2O2. The lowest BCUT2D eigenvalue weighted by atomic mass is 10.1. The highest BCUT2D eigenvalue weighted by atomic mass is 16.4. The molecule has 0 N–H and O–H groups in total. The summed E-state index contributed by atoms with van der Waals surface area (Å²) in [5.41, 5.74) is 4.26. The second-order valence-corrected chi connectivity index (χ2v) is 6.36. The quantitative estimate of drug-likeness (QED) is 0.620. The van der Waals surface area contributed by atoms with Crippen molar-refractivity contribution in [1.29, 1.82) is 0 Å². The van der Waals surface area contributed by atoms with Crippen LogP contribution in [0.3, 0.4) is 0 Å². The van der Waals surface area contributed by atoms with E-state index in [1.165, 1.54) is 11.1 Å². The molecular weight excluding hydrogens is 300 g/mol. The van der Waals surface area contributed by atoms with Gasteiger partial charge in [-0.25, -0.2) is 4.79 Å². The van der Waals surface area contributed by atoms with Crippen molar-refractivity contribution in [1.82, 2.24) is 9.47 Å². The lowest BCUT2D eigenvalue weighted by molar-refractivity contribution is 0.314. The van der Waals surface area contributed by atoms with Gasteiger partial charge in [-0.1, -0.05) is 36.4 Å². The third-order valence-electron chi connectivity index (χ3n) is 4.45. The maximum atomic E-state index is 11.9. The van der Waals surface area contributed by atoms with E-state index < -0.39 is 0 Å². The van der Waals surface area contributed by atoms with Crippen molar-refractivity contribution in [3.63, 3.8) is 0 Å². The second kappa shape index (κ2) is 7.49. The zero-order chi connectivity index (χ0) is 16.9. The van der Waals surface area contributed by atoms with Crippen LogP contribution in [0.2, 0.25) is 0 Å². The molecule has 24 heavy (non-hydrogen) atoms. The van der Waals surface area contributed by atoms with E-state index in [4.69, 9.17) is 4.42 Å². The van der Waals surface area contributed by atoms with Crippen molar-refractivity contribution in [3.8, 4) is 0 Å². The molecule has 0 bridgehead atoms. The van der Waals surface area contributed by atoms with Crippen molar-refractivity contribution < 1.29 is 4.42 Å². The number of rotatable bonds is 7. The number of aromatic nitrogens is 1. The average Bonchev–Trinajstić information content (AvgIpc) is 2.89. The van der Waals surface area contributed by atoms with Gasteiger partial charge in [-0.3, -0.25) is 4.57 Å². The minimum atomic E-state index is -0.260. The van der Waals surface area contributed by atoms with E-state index in [2.05, 4.69) is 43.1 Å². The molecule has 2 aromatic carbocycles. The zero-order valence-electron chi connectivity index (χ0n) is 14.4. The van der Waals surface area contributed by atoms with Gasteiger partial charge in [0.15, 0.2) is 5.58 Å². The second-order valence-electron chi connectivity index (χ2n) is 6.36. The van der Waals surface area contributed by atoms with E-state index >= 15 is 0 Å². The summed E-state index contributed by atoms with van der Waals surface area (Å²) < 4.78 is 7.00. The molecule has 0 saturated heterocycles. The van der Waals surface area contributed by atoms with Crippen LogP contribution >= 0.6 is 0 Å². The Morgan fingerprint density at radius 1 is 1.04 bits per heavy atom. The maximum absolute atomic E-state index is 11.9. The topological polar surface area (TPSA) is 38.4 Å². The summed E-state index contributed by atoms with van der Waals surface area (Å²) in [5, 5.41) is 0. The molecule has 0 saturated carbocycles. The Morgan fingerprint density at radius 2 is 1.79 bits per heavy atom. The van der Waals surface area contributed by atoms with Crippen molar-refractivity contribution in [2.45, 2.75) is 32.9 Å². The molecule has 0 spiro atoms. The predicted octanol–water partition coefficient (Wildman–Crippen LogP) is 3.82. The Bertz CT molecular complexity index is 863. The van der Waals surface area contributed by atoms with E-state index in [9.17, 15) is 4.79 Å². The Kier molecular flexibility index (Phi) is 5.16. The maximum Gasteiger partial charge on any atom is 0.419 e. The standard InChI is InChI=1S/C20H24N2O2/c1-16-9-3-4-10-17(16)15-21(2)13-7-8-14-22-18-11-5-6-12-19(18)24-20(22)23/h3-6,9-12H,7-8,13-15H2,1-2H3. The summed E-state index contributed by atoms with van der Waals surface area (Å²) in [5.74, 6) is -0.260. The molecule has 4 nitrogen and oxygen atoms in total. The first kappa shape index (κ1) is 16.5. The molecule has 0 amide bonds. The summed E-state index contributed by atoms with van der Waals surface area (Å²) in [7, 11) is 2.14. The smallest absolute Gasteiger partial charge is 0.408 e. The molecule has 0 unspecified atom stereocenters. The minimum Gasteiger partial charge on any atom is -0.408 e. The van der Waals surface area contributed by atoms with Gasteiger partial charge in [-0.05, 0) is 56.6 Å². The first-order valence-electron chi connectivity index (χ1n) is 8.46. The van der Waals surface area contributed by atoms with Crippen LogP contribution in [0, 0.1) is 6.92 Å². The fourth-order valence-electron chi connectivity index (χ4n) is 3.03. The minimum absolute atomic E-state index is 0.260. The highest BCUT2D eigenvalue weighted by Gasteiger charge is 2.08. The van der Waals surface area contributed by atoms with Gasteiger partial charge in [-0.15, -0.1) is 0 Å². The van der Waals surface area contributed by atoms with Crippen LogP contribution in [-0.4, -0.2) is 23.1 Å². The monoisotopic (exact) mass is 324 g/mol. The average molecular weight is 324 g/mol. The number of nitrogens with zero attached hydrogens (tertiary/aromatic N) is 2. The molecule has 0 aliphatic heterocycles. The number of hydrogen-bond donors (Lipinski definition) is 0. The highest BCUT2D eigenvalue weighted by molar-refractivity contribution is 5.72. The summed E-state index contributed by atoms with van der Waals surface area (Å²) in [6, 6.07) is 16.1. The van der Waals surface area contributed by atoms with Gasteiger partial charge in [0, 0.05) is 13.1 Å². The molecule has 4 heteroatoms. The van der Waals surface area contributed by atoms with Crippen molar-refractivity contribution in [2.24, 2.45) is 0 Å². The number of fused-ring (bicyclic) bond motifs is 1. The normalized spacial score (nSPS) is 11.5. The number of hydrogen-bond acceptors (Lipinski definition) is 3. The number of unbranched alkanes of at least 4 members (excludes halogenated alkanes) is 1. The molecule has 3 aromatic rings.